The Bertz CT molecular complexity index is 1240. The number of carbonyl (C=O) groups excluding carboxylic acids is 1. The van der Waals surface area contributed by atoms with E-state index in [4.69, 9.17) is 10.7 Å². The summed E-state index contributed by atoms with van der Waals surface area (Å²) < 4.78 is 1.61. The van der Waals surface area contributed by atoms with Crippen LogP contribution >= 0.6 is 0 Å². The number of nitrogens with two attached hydrogens (primary N) is 1. The standard InChI is InChI=1S/C23H30N6O2/c1-12-17-15(19(30)25-12)10-16(26-17)13-8-7-9-14-18(13)27-21(28-22(2,3)4)29(20(14)31)11-23(5,6)24/h7-10,12,26H,11,24H2,1-6H3,(H,25,30)(H,27,28)/t12-/m1/s1. The first kappa shape index (κ1) is 21.1. The van der Waals surface area contributed by atoms with E-state index in [9.17, 15) is 9.59 Å². The number of nitrogens with one attached hydrogen (secondary N) is 3. The summed E-state index contributed by atoms with van der Waals surface area (Å²) in [7, 11) is 0. The molecule has 0 aliphatic carbocycles. The molecule has 4 rings (SSSR count). The minimum atomic E-state index is -0.588. The lowest BCUT2D eigenvalue weighted by Crippen LogP contribution is -2.42. The molecule has 1 aliphatic heterocycles. The molecule has 0 saturated carbocycles. The first-order chi connectivity index (χ1) is 14.3. The van der Waals surface area contributed by atoms with Crippen LogP contribution in [-0.2, 0) is 6.54 Å². The fraction of sp³-hybridized carbons (Fsp3) is 0.435. The van der Waals surface area contributed by atoms with Gasteiger partial charge < -0.3 is 21.4 Å². The summed E-state index contributed by atoms with van der Waals surface area (Å²) in [6.45, 7) is 12.1. The molecule has 1 aliphatic rings. The predicted octanol–water partition coefficient (Wildman–Crippen LogP) is 3.14. The Morgan fingerprint density at radius 2 is 1.87 bits per heavy atom. The molecule has 164 valence electrons. The number of nitrogens with zero attached hydrogens (tertiary/aromatic N) is 2. The van der Waals surface area contributed by atoms with Crippen LogP contribution in [0.2, 0.25) is 0 Å². The van der Waals surface area contributed by atoms with Gasteiger partial charge in [0.1, 0.15) is 0 Å². The molecule has 2 aromatic heterocycles. The second-order valence-electron chi connectivity index (χ2n) is 10.1. The molecule has 0 fully saturated rings. The maximum atomic E-state index is 13.5. The normalized spacial score (nSPS) is 16.5. The summed E-state index contributed by atoms with van der Waals surface area (Å²) >= 11 is 0. The highest BCUT2D eigenvalue weighted by Crippen LogP contribution is 2.33. The van der Waals surface area contributed by atoms with Crippen LogP contribution in [0, 0.1) is 0 Å². The topological polar surface area (TPSA) is 118 Å². The smallest absolute Gasteiger partial charge is 0.262 e. The van der Waals surface area contributed by atoms with Crippen LogP contribution in [0.1, 0.15) is 63.6 Å². The number of H-pyrrole nitrogens is 1. The van der Waals surface area contributed by atoms with Crippen molar-refractivity contribution in [2.24, 2.45) is 5.73 Å². The number of anilines is 1. The minimum Gasteiger partial charge on any atom is -0.356 e. The summed E-state index contributed by atoms with van der Waals surface area (Å²) in [5.41, 5.74) is 8.81. The van der Waals surface area contributed by atoms with Gasteiger partial charge in [0, 0.05) is 28.9 Å². The molecule has 0 bridgehead atoms. The Labute approximate surface area is 181 Å². The van der Waals surface area contributed by atoms with Crippen molar-refractivity contribution in [2.75, 3.05) is 5.32 Å². The highest BCUT2D eigenvalue weighted by molar-refractivity contribution is 6.01. The summed E-state index contributed by atoms with van der Waals surface area (Å²) in [6, 6.07) is 7.28. The van der Waals surface area contributed by atoms with Gasteiger partial charge in [-0.15, -0.1) is 0 Å². The third kappa shape index (κ3) is 3.95. The number of hydrogen-bond acceptors (Lipinski definition) is 5. The maximum absolute atomic E-state index is 13.5. The number of benzene rings is 1. The van der Waals surface area contributed by atoms with Gasteiger partial charge in [0.05, 0.1) is 28.2 Å². The van der Waals surface area contributed by atoms with Gasteiger partial charge in [-0.25, -0.2) is 4.98 Å². The van der Waals surface area contributed by atoms with Gasteiger partial charge in [-0.3, -0.25) is 14.2 Å². The third-order valence-corrected chi connectivity index (χ3v) is 5.20. The van der Waals surface area contributed by atoms with Gasteiger partial charge in [0.25, 0.3) is 11.5 Å². The molecule has 1 amide bonds. The van der Waals surface area contributed by atoms with Crippen LogP contribution in [0.25, 0.3) is 22.2 Å². The zero-order valence-corrected chi connectivity index (χ0v) is 18.9. The van der Waals surface area contributed by atoms with E-state index in [0.29, 0.717) is 29.0 Å². The lowest BCUT2D eigenvalue weighted by molar-refractivity contribution is 0.0958. The van der Waals surface area contributed by atoms with Gasteiger partial charge in [0.2, 0.25) is 5.95 Å². The number of hydrogen-bond donors (Lipinski definition) is 4. The lowest BCUT2D eigenvalue weighted by atomic mass is 10.1. The Morgan fingerprint density at radius 3 is 2.48 bits per heavy atom. The van der Waals surface area contributed by atoms with Crippen molar-refractivity contribution >= 4 is 22.8 Å². The number of para-hydroxylation sites is 1. The molecule has 5 N–H and O–H groups in total. The van der Waals surface area contributed by atoms with Crippen LogP contribution in [0.3, 0.4) is 0 Å². The molecule has 0 radical (unpaired) electrons. The van der Waals surface area contributed by atoms with Crippen LogP contribution in [0.15, 0.2) is 29.1 Å². The minimum absolute atomic E-state index is 0.0821. The number of carbonyl (C=O) groups is 1. The fourth-order valence-electron chi connectivity index (χ4n) is 3.94. The highest BCUT2D eigenvalue weighted by Gasteiger charge is 2.29. The van der Waals surface area contributed by atoms with Gasteiger partial charge in [0.15, 0.2) is 0 Å². The van der Waals surface area contributed by atoms with Crippen LogP contribution in [0.4, 0.5) is 5.95 Å². The van der Waals surface area contributed by atoms with Gasteiger partial charge in [-0.05, 0) is 53.7 Å². The van der Waals surface area contributed by atoms with Gasteiger partial charge >= 0.3 is 0 Å². The van der Waals surface area contributed by atoms with E-state index < -0.39 is 5.54 Å². The predicted molar refractivity (Wildman–Crippen MR) is 123 cm³/mol. The number of amides is 1. The van der Waals surface area contributed by atoms with E-state index in [1.807, 2.05) is 59.7 Å². The van der Waals surface area contributed by atoms with E-state index in [1.54, 1.807) is 10.6 Å². The monoisotopic (exact) mass is 422 g/mol. The van der Waals surface area contributed by atoms with Crippen molar-refractivity contribution in [3.05, 3.63) is 45.9 Å². The Kier molecular flexibility index (Phi) is 4.73. The molecule has 8 nitrogen and oxygen atoms in total. The first-order valence-electron chi connectivity index (χ1n) is 10.5. The molecule has 31 heavy (non-hydrogen) atoms. The largest absolute Gasteiger partial charge is 0.356 e. The van der Waals surface area contributed by atoms with Crippen molar-refractivity contribution < 1.29 is 4.79 Å². The molecule has 0 saturated heterocycles. The van der Waals surface area contributed by atoms with Crippen LogP contribution in [0.5, 0.6) is 0 Å². The van der Waals surface area contributed by atoms with Crippen molar-refractivity contribution in [1.29, 1.82) is 0 Å². The fourth-order valence-corrected chi connectivity index (χ4v) is 3.94. The number of rotatable bonds is 4. The first-order valence-corrected chi connectivity index (χ1v) is 10.5. The lowest BCUT2D eigenvalue weighted by Gasteiger charge is -2.27. The molecule has 3 aromatic rings. The highest BCUT2D eigenvalue weighted by atomic mass is 16.2. The van der Waals surface area contributed by atoms with Crippen molar-refractivity contribution in [3.63, 3.8) is 0 Å². The summed E-state index contributed by atoms with van der Waals surface area (Å²) in [6.07, 6.45) is 0. The van der Waals surface area contributed by atoms with E-state index in [-0.39, 0.29) is 23.0 Å². The number of aromatic nitrogens is 3. The Balaban J connectivity index is 1.96. The van der Waals surface area contributed by atoms with Crippen molar-refractivity contribution in [1.82, 2.24) is 19.9 Å². The molecule has 0 spiro atoms. The van der Waals surface area contributed by atoms with E-state index in [0.717, 1.165) is 17.0 Å². The van der Waals surface area contributed by atoms with Crippen LogP contribution in [-0.4, -0.2) is 31.5 Å². The number of fused-ring (bicyclic) bond motifs is 2. The summed E-state index contributed by atoms with van der Waals surface area (Å²) in [5.74, 6) is 0.377. The van der Waals surface area contributed by atoms with E-state index in [2.05, 4.69) is 15.6 Å². The van der Waals surface area contributed by atoms with Crippen molar-refractivity contribution in [2.45, 2.75) is 65.2 Å². The zero-order chi connectivity index (χ0) is 22.7. The van der Waals surface area contributed by atoms with Gasteiger partial charge in [-0.2, -0.15) is 0 Å². The van der Waals surface area contributed by atoms with Crippen LogP contribution < -0.4 is 21.9 Å². The summed E-state index contributed by atoms with van der Waals surface area (Å²) in [5, 5.41) is 6.76. The second-order valence-corrected chi connectivity index (χ2v) is 10.1. The third-order valence-electron chi connectivity index (χ3n) is 5.20. The molecular formula is C23H30N6O2. The molecule has 3 heterocycles. The van der Waals surface area contributed by atoms with Crippen molar-refractivity contribution in [3.8, 4) is 11.3 Å². The zero-order valence-electron chi connectivity index (χ0n) is 18.9. The van der Waals surface area contributed by atoms with Gasteiger partial charge in [-0.1, -0.05) is 12.1 Å². The SMILES string of the molecule is C[C@H]1NC(=O)c2cc(-c3cccc4c(=O)n(CC(C)(C)N)c(NC(C)(C)C)nc34)[nH]c21. The summed E-state index contributed by atoms with van der Waals surface area (Å²) in [4.78, 5) is 33.9. The number of aromatic amines is 1. The molecular weight excluding hydrogens is 392 g/mol. The molecule has 1 atom stereocenters. The quantitative estimate of drug-likeness (QED) is 0.515. The Morgan fingerprint density at radius 1 is 1.16 bits per heavy atom. The average Bonchev–Trinajstić information content (AvgIpc) is 3.17. The maximum Gasteiger partial charge on any atom is 0.262 e. The molecule has 0 unspecified atom stereocenters. The molecule has 1 aromatic carbocycles. The molecule has 8 heteroatoms. The van der Waals surface area contributed by atoms with E-state index >= 15 is 0 Å². The Hall–Kier alpha value is -3.13. The second kappa shape index (κ2) is 6.95. The average molecular weight is 423 g/mol. The van der Waals surface area contributed by atoms with E-state index in [1.165, 1.54) is 0 Å².